The normalized spacial score (nSPS) is 23.5. The fourth-order valence-corrected chi connectivity index (χ4v) is 3.30. The molecule has 0 aliphatic carbocycles. The van der Waals surface area contributed by atoms with E-state index in [4.69, 9.17) is 5.73 Å². The Kier molecular flexibility index (Phi) is 4.05. The first-order valence-electron chi connectivity index (χ1n) is 7.59. The van der Waals surface area contributed by atoms with Crippen molar-refractivity contribution >= 4 is 11.7 Å². The number of nitrogen functional groups attached to an aromatic ring is 1. The van der Waals surface area contributed by atoms with Gasteiger partial charge in [0, 0.05) is 19.1 Å². The number of carbonyl (C=O) groups excluding carboxylic acids is 1. The topological polar surface area (TPSA) is 62.5 Å². The van der Waals surface area contributed by atoms with E-state index in [2.05, 4.69) is 9.88 Å². The Morgan fingerprint density at radius 3 is 2.81 bits per heavy atom. The van der Waals surface area contributed by atoms with E-state index in [1.807, 2.05) is 0 Å². The van der Waals surface area contributed by atoms with E-state index in [-0.39, 0.29) is 17.3 Å². The quantitative estimate of drug-likeness (QED) is 0.897. The van der Waals surface area contributed by atoms with Crippen molar-refractivity contribution in [3.8, 4) is 0 Å². The fraction of sp³-hybridized carbons (Fsp3) is 0.600. The number of hydrogen-bond acceptors (Lipinski definition) is 4. The molecule has 0 radical (unpaired) electrons. The van der Waals surface area contributed by atoms with Crippen LogP contribution in [0.5, 0.6) is 0 Å². The number of aromatic nitrogens is 1. The molecule has 2 saturated heterocycles. The molecule has 1 aromatic heterocycles. The lowest BCUT2D eigenvalue weighted by Gasteiger charge is -2.32. The zero-order valence-corrected chi connectivity index (χ0v) is 12.1. The number of nitrogens with two attached hydrogens (primary N) is 1. The van der Waals surface area contributed by atoms with Gasteiger partial charge in [0.25, 0.3) is 5.91 Å². The fourth-order valence-electron chi connectivity index (χ4n) is 3.30. The minimum Gasteiger partial charge on any atom is -0.383 e. The monoisotopic (exact) mass is 292 g/mol. The molecule has 1 amide bonds. The summed E-state index contributed by atoms with van der Waals surface area (Å²) in [4.78, 5) is 20.4. The Balaban J connectivity index is 1.67. The summed E-state index contributed by atoms with van der Waals surface area (Å²) in [6, 6.07) is 1.61. The van der Waals surface area contributed by atoms with Crippen molar-refractivity contribution in [2.75, 3.05) is 31.9 Å². The molecule has 1 unspecified atom stereocenters. The molecule has 2 aliphatic heterocycles. The van der Waals surface area contributed by atoms with Crippen molar-refractivity contribution in [3.63, 3.8) is 0 Å². The van der Waals surface area contributed by atoms with Crippen LogP contribution in [-0.4, -0.2) is 52.9 Å². The smallest absolute Gasteiger partial charge is 0.257 e. The minimum atomic E-state index is -0.528. The second-order valence-electron chi connectivity index (χ2n) is 5.88. The van der Waals surface area contributed by atoms with Gasteiger partial charge in [0.05, 0.1) is 11.8 Å². The number of piperidine rings is 1. The minimum absolute atomic E-state index is 0.0998. The van der Waals surface area contributed by atoms with E-state index < -0.39 is 5.82 Å². The van der Waals surface area contributed by atoms with Crippen molar-refractivity contribution in [3.05, 3.63) is 23.6 Å². The Morgan fingerprint density at radius 2 is 2.05 bits per heavy atom. The predicted octanol–water partition coefficient (Wildman–Crippen LogP) is 1.50. The van der Waals surface area contributed by atoms with E-state index in [1.165, 1.54) is 25.3 Å². The number of hydrogen-bond donors (Lipinski definition) is 1. The summed E-state index contributed by atoms with van der Waals surface area (Å²) in [6.45, 7) is 3.65. The Labute approximate surface area is 123 Å². The predicted molar refractivity (Wildman–Crippen MR) is 78.3 cm³/mol. The molecule has 2 fully saturated rings. The Morgan fingerprint density at radius 1 is 1.29 bits per heavy atom. The number of likely N-dealkylation sites (tertiary alicyclic amines) is 2. The number of halogens is 1. The maximum atomic E-state index is 13.3. The molecule has 1 aromatic rings. The lowest BCUT2D eigenvalue weighted by Crippen LogP contribution is -2.41. The molecule has 3 heterocycles. The zero-order chi connectivity index (χ0) is 14.8. The van der Waals surface area contributed by atoms with Crippen LogP contribution >= 0.6 is 0 Å². The van der Waals surface area contributed by atoms with Gasteiger partial charge in [-0.25, -0.2) is 9.37 Å². The summed E-state index contributed by atoms with van der Waals surface area (Å²) >= 11 is 0. The maximum absolute atomic E-state index is 13.3. The molecule has 2 N–H and O–H groups in total. The van der Waals surface area contributed by atoms with Crippen molar-refractivity contribution in [2.24, 2.45) is 0 Å². The standard InChI is InChI=1S/C15H21FN4O/c16-11-8-13(14(17)18-9-11)15(21)20-7-4-12(10-20)19-5-2-1-3-6-19/h8-9,12H,1-7,10H2,(H2,17,18). The first-order valence-corrected chi connectivity index (χ1v) is 7.59. The number of pyridine rings is 1. The molecule has 0 spiro atoms. The number of carbonyl (C=O) groups is 1. The molecule has 21 heavy (non-hydrogen) atoms. The van der Waals surface area contributed by atoms with Gasteiger partial charge in [0.2, 0.25) is 0 Å². The van der Waals surface area contributed by atoms with Gasteiger partial charge in [-0.15, -0.1) is 0 Å². The van der Waals surface area contributed by atoms with Gasteiger partial charge in [-0.1, -0.05) is 6.42 Å². The highest BCUT2D eigenvalue weighted by Crippen LogP contribution is 2.22. The summed E-state index contributed by atoms with van der Waals surface area (Å²) in [5.41, 5.74) is 5.88. The molecule has 1 atom stereocenters. The molecular formula is C15H21FN4O. The largest absolute Gasteiger partial charge is 0.383 e. The molecule has 2 aliphatic rings. The summed E-state index contributed by atoms with van der Waals surface area (Å²) < 4.78 is 13.3. The Hall–Kier alpha value is -1.69. The summed E-state index contributed by atoms with van der Waals surface area (Å²) in [6.07, 6.45) is 5.80. The SMILES string of the molecule is Nc1ncc(F)cc1C(=O)N1CCC(N2CCCCC2)C1. The van der Waals surface area contributed by atoms with E-state index in [0.717, 1.165) is 25.7 Å². The van der Waals surface area contributed by atoms with Gasteiger partial charge in [-0.3, -0.25) is 9.69 Å². The first-order chi connectivity index (χ1) is 10.1. The highest BCUT2D eigenvalue weighted by Gasteiger charge is 2.32. The molecule has 0 bridgehead atoms. The zero-order valence-electron chi connectivity index (χ0n) is 12.1. The van der Waals surface area contributed by atoms with Gasteiger partial charge < -0.3 is 10.6 Å². The highest BCUT2D eigenvalue weighted by atomic mass is 19.1. The van der Waals surface area contributed by atoms with Crippen LogP contribution in [0.1, 0.15) is 36.0 Å². The van der Waals surface area contributed by atoms with Crippen LogP contribution in [0.4, 0.5) is 10.2 Å². The Bertz CT molecular complexity index is 530. The molecule has 0 aromatic carbocycles. The van der Waals surface area contributed by atoms with Crippen LogP contribution in [0.2, 0.25) is 0 Å². The van der Waals surface area contributed by atoms with Crippen LogP contribution in [0.15, 0.2) is 12.3 Å². The average molecular weight is 292 g/mol. The number of anilines is 1. The highest BCUT2D eigenvalue weighted by molar-refractivity contribution is 5.98. The first kappa shape index (κ1) is 14.3. The maximum Gasteiger partial charge on any atom is 0.257 e. The van der Waals surface area contributed by atoms with E-state index in [9.17, 15) is 9.18 Å². The molecule has 114 valence electrons. The van der Waals surface area contributed by atoms with Crippen LogP contribution in [0.25, 0.3) is 0 Å². The average Bonchev–Trinajstić information content (AvgIpc) is 3.00. The third-order valence-electron chi connectivity index (χ3n) is 4.47. The molecule has 3 rings (SSSR count). The number of nitrogens with zero attached hydrogens (tertiary/aromatic N) is 3. The van der Waals surface area contributed by atoms with E-state index in [0.29, 0.717) is 19.1 Å². The molecule has 6 heteroatoms. The van der Waals surface area contributed by atoms with Crippen molar-refractivity contribution in [1.29, 1.82) is 0 Å². The summed E-state index contributed by atoms with van der Waals surface area (Å²) in [5, 5.41) is 0. The third kappa shape index (κ3) is 3.00. The van der Waals surface area contributed by atoms with Crippen LogP contribution in [0.3, 0.4) is 0 Å². The van der Waals surface area contributed by atoms with Crippen LogP contribution in [-0.2, 0) is 0 Å². The van der Waals surface area contributed by atoms with Gasteiger partial charge in [-0.2, -0.15) is 0 Å². The van der Waals surface area contributed by atoms with Gasteiger partial charge in [-0.05, 0) is 38.4 Å². The number of amides is 1. The van der Waals surface area contributed by atoms with Crippen LogP contribution in [0, 0.1) is 5.82 Å². The van der Waals surface area contributed by atoms with Crippen LogP contribution < -0.4 is 5.73 Å². The third-order valence-corrected chi connectivity index (χ3v) is 4.47. The van der Waals surface area contributed by atoms with Gasteiger partial charge >= 0.3 is 0 Å². The van der Waals surface area contributed by atoms with Gasteiger partial charge in [0.1, 0.15) is 11.6 Å². The van der Waals surface area contributed by atoms with Crippen molar-refractivity contribution < 1.29 is 9.18 Å². The lowest BCUT2D eigenvalue weighted by atomic mass is 10.1. The van der Waals surface area contributed by atoms with Crippen molar-refractivity contribution in [2.45, 2.75) is 31.7 Å². The molecular weight excluding hydrogens is 271 g/mol. The van der Waals surface area contributed by atoms with E-state index in [1.54, 1.807) is 4.90 Å². The second-order valence-corrected chi connectivity index (χ2v) is 5.88. The van der Waals surface area contributed by atoms with E-state index >= 15 is 0 Å². The molecule has 0 saturated carbocycles. The lowest BCUT2D eigenvalue weighted by molar-refractivity contribution is 0.0771. The van der Waals surface area contributed by atoms with Crippen molar-refractivity contribution in [1.82, 2.24) is 14.8 Å². The summed E-state index contributed by atoms with van der Waals surface area (Å²) in [5.74, 6) is -0.638. The van der Waals surface area contributed by atoms with Gasteiger partial charge in [0.15, 0.2) is 0 Å². The second kappa shape index (κ2) is 5.97. The number of rotatable bonds is 2. The summed E-state index contributed by atoms with van der Waals surface area (Å²) in [7, 11) is 0. The molecule has 5 nitrogen and oxygen atoms in total.